The third kappa shape index (κ3) is 9.38. The van der Waals surface area contributed by atoms with Crippen LogP contribution in [0.25, 0.3) is 23.2 Å². The maximum Gasteiger partial charge on any atom is 0.416 e. The Morgan fingerprint density at radius 3 is 2.05 bits per heavy atom. The lowest BCUT2D eigenvalue weighted by Gasteiger charge is -2.10. The predicted octanol–water partition coefficient (Wildman–Crippen LogP) is 6.06. The van der Waals surface area contributed by atoms with Crippen LogP contribution in [0.4, 0.5) is 26.3 Å². The molecule has 0 saturated carbocycles. The molecule has 4 N–H and O–H groups in total. The molecule has 0 spiro atoms. The Hall–Kier alpha value is -4.45. The molecular formula is C28H26F6N4O2. The van der Waals surface area contributed by atoms with Crippen molar-refractivity contribution in [3.8, 4) is 0 Å². The first-order valence-electron chi connectivity index (χ1n) is 11.6. The van der Waals surface area contributed by atoms with E-state index >= 15 is 0 Å². The first-order chi connectivity index (χ1) is 18.6. The molecule has 12 heteroatoms. The first-order valence-corrected chi connectivity index (χ1v) is 11.6. The number of alkyl halides is 6. The summed E-state index contributed by atoms with van der Waals surface area (Å²) in [6.45, 7) is 1.97. The molecule has 0 unspecified atom stereocenters. The molecule has 0 atom stereocenters. The minimum Gasteiger partial charge on any atom is -0.366 e. The summed E-state index contributed by atoms with van der Waals surface area (Å²) in [5.74, 6) is -0.448. The Labute approximate surface area is 225 Å². The van der Waals surface area contributed by atoms with Crippen LogP contribution in [-0.2, 0) is 12.4 Å². The summed E-state index contributed by atoms with van der Waals surface area (Å²) in [7, 11) is 3.75. The number of nitrogens with two attached hydrogens (primary N) is 1. The predicted molar refractivity (Wildman–Crippen MR) is 142 cm³/mol. The molecule has 40 heavy (non-hydrogen) atoms. The van der Waals surface area contributed by atoms with Gasteiger partial charge in [-0.05, 0) is 80.2 Å². The maximum atomic E-state index is 12.0. The molecule has 0 aliphatic carbocycles. The number of benzene rings is 2. The quantitative estimate of drug-likeness (QED) is 0.263. The summed E-state index contributed by atoms with van der Waals surface area (Å²) in [6, 6.07) is 12.5. The fourth-order valence-corrected chi connectivity index (χ4v) is 3.18. The Kier molecular flexibility index (Phi) is 10.8. The van der Waals surface area contributed by atoms with Gasteiger partial charge < -0.3 is 16.0 Å². The number of primary amides is 1. The van der Waals surface area contributed by atoms with Crippen molar-refractivity contribution in [1.29, 1.82) is 0 Å². The van der Waals surface area contributed by atoms with Crippen LogP contribution in [0.1, 0.15) is 38.2 Å². The molecule has 0 aliphatic heterocycles. The molecule has 212 valence electrons. The summed E-state index contributed by atoms with van der Waals surface area (Å²) in [4.78, 5) is 29.4. The smallest absolute Gasteiger partial charge is 0.366 e. The highest BCUT2D eigenvalue weighted by molar-refractivity contribution is 5.94. The number of pyridine rings is 2. The van der Waals surface area contributed by atoms with Gasteiger partial charge in [0.05, 0.1) is 11.1 Å². The highest BCUT2D eigenvalue weighted by Crippen LogP contribution is 2.34. The average molecular weight is 565 g/mol. The minimum absolute atomic E-state index is 0.0833. The molecule has 6 nitrogen and oxygen atoms in total. The van der Waals surface area contributed by atoms with E-state index in [1.54, 1.807) is 24.4 Å². The number of aromatic nitrogens is 2. The largest absolute Gasteiger partial charge is 0.416 e. The number of nitrogens with one attached hydrogen (secondary N) is 2. The lowest BCUT2D eigenvalue weighted by atomic mass is 10.0. The van der Waals surface area contributed by atoms with Crippen LogP contribution in [0, 0.1) is 6.92 Å². The van der Waals surface area contributed by atoms with Gasteiger partial charge in [0.15, 0.2) is 0 Å². The maximum absolute atomic E-state index is 12.0. The summed E-state index contributed by atoms with van der Waals surface area (Å²) >= 11 is 0. The van der Waals surface area contributed by atoms with Crippen molar-refractivity contribution in [1.82, 2.24) is 15.3 Å². The van der Waals surface area contributed by atoms with Crippen molar-refractivity contribution >= 4 is 29.1 Å². The fraction of sp³-hybridized carbons (Fsp3) is 0.179. The standard InChI is InChI=1S/C18H15N3O2.C8H4F6.C2H7N/c1-11-2-4-14(17(19)23)9-13(11)5-3-12-8-15-6-7-16(22)21-18(15)20-10-12;9-7(10,11)5-2-1-3-6(4-5)8(12,13)14;1-3-2/h2-10H,1H3,(H2,19,23)(H,20,21,22);1-4H;3H,1-2H3/b5-3+;;. The van der Waals surface area contributed by atoms with Crippen molar-refractivity contribution in [3.05, 3.63) is 111 Å². The number of aromatic amines is 1. The number of aryl methyl sites for hydroxylation is 1. The van der Waals surface area contributed by atoms with Gasteiger partial charge in [0.1, 0.15) is 5.65 Å². The van der Waals surface area contributed by atoms with Crippen LogP contribution in [0.2, 0.25) is 0 Å². The third-order valence-electron chi connectivity index (χ3n) is 5.13. The van der Waals surface area contributed by atoms with Crippen molar-refractivity contribution in [2.45, 2.75) is 19.3 Å². The van der Waals surface area contributed by atoms with Gasteiger partial charge in [-0.2, -0.15) is 26.3 Å². The number of carbonyl (C=O) groups excluding carboxylic acids is 1. The van der Waals surface area contributed by atoms with Gasteiger partial charge in [0, 0.05) is 23.2 Å². The van der Waals surface area contributed by atoms with E-state index in [0.717, 1.165) is 28.1 Å². The van der Waals surface area contributed by atoms with Crippen LogP contribution < -0.4 is 16.6 Å². The van der Waals surface area contributed by atoms with E-state index < -0.39 is 29.4 Å². The zero-order chi connectivity index (χ0) is 30.1. The first kappa shape index (κ1) is 31.8. The van der Waals surface area contributed by atoms with E-state index in [-0.39, 0.29) is 11.6 Å². The number of H-pyrrole nitrogens is 1. The highest BCUT2D eigenvalue weighted by atomic mass is 19.4. The van der Waals surface area contributed by atoms with Crippen LogP contribution in [0.15, 0.2) is 71.7 Å². The van der Waals surface area contributed by atoms with Crippen molar-refractivity contribution in [2.24, 2.45) is 5.73 Å². The molecule has 0 aliphatic rings. The summed E-state index contributed by atoms with van der Waals surface area (Å²) < 4.78 is 71.9. The second-order valence-corrected chi connectivity index (χ2v) is 8.37. The average Bonchev–Trinajstić information content (AvgIpc) is 2.88. The lowest BCUT2D eigenvalue weighted by molar-refractivity contribution is -0.143. The molecule has 0 bridgehead atoms. The van der Waals surface area contributed by atoms with E-state index in [1.165, 1.54) is 6.07 Å². The molecular weight excluding hydrogens is 538 g/mol. The molecule has 0 saturated heterocycles. The van der Waals surface area contributed by atoms with Gasteiger partial charge in [-0.25, -0.2) is 4.98 Å². The number of nitrogens with zero attached hydrogens (tertiary/aromatic N) is 1. The number of hydrogen-bond acceptors (Lipinski definition) is 4. The van der Waals surface area contributed by atoms with Crippen molar-refractivity contribution < 1.29 is 31.1 Å². The van der Waals surface area contributed by atoms with Gasteiger partial charge in [0.2, 0.25) is 11.5 Å². The Balaban J connectivity index is 0.000000282. The van der Waals surface area contributed by atoms with E-state index in [2.05, 4.69) is 15.3 Å². The molecule has 0 radical (unpaired) electrons. The normalized spacial score (nSPS) is 11.4. The molecule has 2 heterocycles. The van der Waals surface area contributed by atoms with E-state index in [9.17, 15) is 35.9 Å². The third-order valence-corrected chi connectivity index (χ3v) is 5.13. The molecule has 2 aromatic heterocycles. The molecule has 4 aromatic rings. The number of rotatable bonds is 3. The molecule has 0 fully saturated rings. The van der Waals surface area contributed by atoms with Crippen LogP contribution >= 0.6 is 0 Å². The number of fused-ring (bicyclic) bond motifs is 1. The zero-order valence-electron chi connectivity index (χ0n) is 21.6. The number of amides is 1. The van der Waals surface area contributed by atoms with Crippen molar-refractivity contribution in [3.63, 3.8) is 0 Å². The van der Waals surface area contributed by atoms with Crippen LogP contribution in [-0.4, -0.2) is 30.0 Å². The van der Waals surface area contributed by atoms with Crippen LogP contribution in [0.3, 0.4) is 0 Å². The minimum atomic E-state index is -4.75. The van der Waals surface area contributed by atoms with Crippen molar-refractivity contribution in [2.75, 3.05) is 14.1 Å². The monoisotopic (exact) mass is 564 g/mol. The molecule has 4 rings (SSSR count). The van der Waals surface area contributed by atoms with Crippen LogP contribution in [0.5, 0.6) is 0 Å². The fourth-order valence-electron chi connectivity index (χ4n) is 3.18. The number of carbonyl (C=O) groups is 1. The van der Waals surface area contributed by atoms with E-state index in [0.29, 0.717) is 23.3 Å². The summed E-state index contributed by atoms with van der Waals surface area (Å²) in [6.07, 6.45) is -3.99. The lowest BCUT2D eigenvalue weighted by Crippen LogP contribution is -2.10. The highest BCUT2D eigenvalue weighted by Gasteiger charge is 2.35. The number of halogens is 6. The van der Waals surface area contributed by atoms with Gasteiger partial charge >= 0.3 is 12.4 Å². The van der Waals surface area contributed by atoms with Gasteiger partial charge in [-0.1, -0.05) is 24.3 Å². The van der Waals surface area contributed by atoms with Gasteiger partial charge in [-0.15, -0.1) is 0 Å². The van der Waals surface area contributed by atoms with E-state index in [4.69, 9.17) is 5.73 Å². The van der Waals surface area contributed by atoms with Gasteiger partial charge in [0.25, 0.3) is 0 Å². The Morgan fingerprint density at radius 1 is 0.900 bits per heavy atom. The summed E-state index contributed by atoms with van der Waals surface area (Å²) in [5.41, 5.74) is 6.44. The second kappa shape index (κ2) is 13.6. The molecule has 1 amide bonds. The topological polar surface area (TPSA) is 101 Å². The Bertz CT molecular complexity index is 1510. The SMILES string of the molecule is CNC.Cc1ccc(C(N)=O)cc1/C=C/c1cnc2[nH]c(=O)ccc2c1.FC(F)(F)c1cccc(C(F)(F)F)c1. The molecule has 2 aromatic carbocycles. The number of hydrogen-bond donors (Lipinski definition) is 3. The van der Waals surface area contributed by atoms with Gasteiger partial charge in [-0.3, -0.25) is 9.59 Å². The Morgan fingerprint density at radius 2 is 1.50 bits per heavy atom. The summed E-state index contributed by atoms with van der Waals surface area (Å²) in [5, 5.41) is 3.61. The van der Waals surface area contributed by atoms with E-state index in [1.807, 2.05) is 45.3 Å². The zero-order valence-corrected chi connectivity index (χ0v) is 21.6. The second-order valence-electron chi connectivity index (χ2n) is 8.37.